The van der Waals surface area contributed by atoms with Crippen LogP contribution >= 0.6 is 0 Å². The second-order valence-corrected chi connectivity index (χ2v) is 8.64. The quantitative estimate of drug-likeness (QED) is 0.433. The highest BCUT2D eigenvalue weighted by Gasteiger charge is 2.44. The van der Waals surface area contributed by atoms with E-state index in [4.69, 9.17) is 13.9 Å². The molecular weight excluding hydrogens is 448 g/mol. The number of Topliss-reactive ketones (excluding diaryl/α,β-unsaturated/α-hetero) is 1. The summed E-state index contributed by atoms with van der Waals surface area (Å²) in [5, 5.41) is 11.6. The standard InChI is InChI=1S/C27H30N2O6/c1-5-34-19-11-6-9-17(15-19)23-22(25(31)27(32)29(23)14-8-13-28(2)3)24(30)21-16-18-10-7-12-20(33-4)26(18)35-21/h6-7,9-12,15-16,23,31H,5,8,13-14H2,1-4H3. The minimum atomic E-state index is -0.771. The lowest BCUT2D eigenvalue weighted by molar-refractivity contribution is -0.129. The number of ketones is 1. The van der Waals surface area contributed by atoms with E-state index in [0.29, 0.717) is 47.6 Å². The highest BCUT2D eigenvalue weighted by Crippen LogP contribution is 2.41. The van der Waals surface area contributed by atoms with E-state index in [1.165, 1.54) is 7.11 Å². The number of carbonyl (C=O) groups is 2. The largest absolute Gasteiger partial charge is 0.503 e. The molecule has 3 aromatic rings. The van der Waals surface area contributed by atoms with Crippen molar-refractivity contribution in [2.45, 2.75) is 19.4 Å². The van der Waals surface area contributed by atoms with E-state index in [9.17, 15) is 14.7 Å². The first-order valence-electron chi connectivity index (χ1n) is 11.6. The summed E-state index contributed by atoms with van der Waals surface area (Å²) in [5.74, 6) is -0.534. The third-order valence-corrected chi connectivity index (χ3v) is 5.99. The van der Waals surface area contributed by atoms with Crippen molar-refractivity contribution in [3.8, 4) is 11.5 Å². The van der Waals surface area contributed by atoms with Crippen molar-refractivity contribution in [2.24, 2.45) is 0 Å². The van der Waals surface area contributed by atoms with Crippen LogP contribution in [0, 0.1) is 0 Å². The number of hydrogen-bond donors (Lipinski definition) is 1. The number of para-hydroxylation sites is 1. The molecule has 0 spiro atoms. The van der Waals surface area contributed by atoms with Crippen LogP contribution in [0.2, 0.25) is 0 Å². The lowest BCUT2D eigenvalue weighted by atomic mass is 9.94. The molecule has 184 valence electrons. The molecule has 1 aliphatic heterocycles. The first kappa shape index (κ1) is 24.3. The van der Waals surface area contributed by atoms with Crippen molar-refractivity contribution in [3.63, 3.8) is 0 Å². The number of methoxy groups -OCH3 is 1. The van der Waals surface area contributed by atoms with Gasteiger partial charge in [-0.1, -0.05) is 24.3 Å². The Morgan fingerprint density at radius 3 is 2.66 bits per heavy atom. The summed E-state index contributed by atoms with van der Waals surface area (Å²) in [5.41, 5.74) is 1.10. The number of fused-ring (bicyclic) bond motifs is 1. The molecule has 1 N–H and O–H groups in total. The normalized spacial score (nSPS) is 16.0. The van der Waals surface area contributed by atoms with Crippen molar-refractivity contribution in [2.75, 3.05) is 40.9 Å². The zero-order valence-corrected chi connectivity index (χ0v) is 20.4. The van der Waals surface area contributed by atoms with E-state index in [1.807, 2.05) is 50.2 Å². The minimum absolute atomic E-state index is 0.00785. The van der Waals surface area contributed by atoms with Gasteiger partial charge in [0.05, 0.1) is 25.3 Å². The first-order valence-corrected chi connectivity index (χ1v) is 11.6. The highest BCUT2D eigenvalue weighted by atomic mass is 16.5. The van der Waals surface area contributed by atoms with Crippen LogP contribution in [0.3, 0.4) is 0 Å². The van der Waals surface area contributed by atoms with Crippen molar-refractivity contribution in [1.82, 2.24) is 9.80 Å². The van der Waals surface area contributed by atoms with Gasteiger partial charge in [-0.05, 0) is 63.8 Å². The average Bonchev–Trinajstić information content (AvgIpc) is 3.39. The monoisotopic (exact) mass is 478 g/mol. The van der Waals surface area contributed by atoms with Gasteiger partial charge in [-0.15, -0.1) is 0 Å². The fourth-order valence-electron chi connectivity index (χ4n) is 4.40. The van der Waals surface area contributed by atoms with Gasteiger partial charge in [0.15, 0.2) is 22.9 Å². The van der Waals surface area contributed by atoms with Gasteiger partial charge in [-0.25, -0.2) is 0 Å². The van der Waals surface area contributed by atoms with Gasteiger partial charge in [-0.2, -0.15) is 0 Å². The molecule has 2 heterocycles. The average molecular weight is 479 g/mol. The maximum Gasteiger partial charge on any atom is 0.290 e. The number of aliphatic hydroxyl groups is 1. The first-order chi connectivity index (χ1) is 16.8. The Hall–Kier alpha value is -3.78. The summed E-state index contributed by atoms with van der Waals surface area (Å²) >= 11 is 0. The Bertz CT molecular complexity index is 1280. The SMILES string of the molecule is CCOc1cccc(C2C(C(=O)c3cc4cccc(OC)c4o3)=C(O)C(=O)N2CCCN(C)C)c1. The molecule has 0 bridgehead atoms. The Morgan fingerprint density at radius 1 is 1.17 bits per heavy atom. The Balaban J connectivity index is 1.77. The van der Waals surface area contributed by atoms with Crippen LogP contribution in [-0.2, 0) is 4.79 Å². The molecule has 1 amide bonds. The molecule has 0 aliphatic carbocycles. The number of ether oxygens (including phenoxy) is 2. The Kier molecular flexibility index (Phi) is 7.12. The van der Waals surface area contributed by atoms with Crippen molar-refractivity contribution < 1.29 is 28.6 Å². The summed E-state index contributed by atoms with van der Waals surface area (Å²) in [4.78, 5) is 30.5. The molecule has 1 atom stereocenters. The zero-order valence-electron chi connectivity index (χ0n) is 20.4. The van der Waals surface area contributed by atoms with Gasteiger partial charge < -0.3 is 28.8 Å². The van der Waals surface area contributed by atoms with Gasteiger partial charge in [0.2, 0.25) is 5.78 Å². The van der Waals surface area contributed by atoms with Crippen LogP contribution < -0.4 is 9.47 Å². The fourth-order valence-corrected chi connectivity index (χ4v) is 4.40. The Morgan fingerprint density at radius 2 is 1.94 bits per heavy atom. The topological polar surface area (TPSA) is 92.4 Å². The summed E-state index contributed by atoms with van der Waals surface area (Å²) in [6.45, 7) is 3.49. The van der Waals surface area contributed by atoms with Crippen LogP contribution in [0.4, 0.5) is 0 Å². The third-order valence-electron chi connectivity index (χ3n) is 5.99. The van der Waals surface area contributed by atoms with Crippen molar-refractivity contribution >= 4 is 22.7 Å². The van der Waals surface area contributed by atoms with Crippen LogP contribution in [0.1, 0.15) is 35.5 Å². The molecule has 1 aromatic heterocycles. The molecule has 2 aromatic carbocycles. The fraction of sp³-hybridized carbons (Fsp3) is 0.333. The molecule has 0 fully saturated rings. The van der Waals surface area contributed by atoms with Crippen LogP contribution in [0.25, 0.3) is 11.0 Å². The second-order valence-electron chi connectivity index (χ2n) is 8.64. The molecule has 1 aliphatic rings. The number of carbonyl (C=O) groups excluding carboxylic acids is 2. The van der Waals surface area contributed by atoms with Crippen molar-refractivity contribution in [3.05, 3.63) is 71.2 Å². The number of benzene rings is 2. The summed E-state index contributed by atoms with van der Waals surface area (Å²) < 4.78 is 16.9. The maximum absolute atomic E-state index is 13.7. The number of amides is 1. The number of hydrogen-bond acceptors (Lipinski definition) is 7. The molecule has 8 heteroatoms. The smallest absolute Gasteiger partial charge is 0.290 e. The highest BCUT2D eigenvalue weighted by molar-refractivity contribution is 6.16. The molecule has 0 saturated heterocycles. The van der Waals surface area contributed by atoms with Crippen LogP contribution in [-0.4, -0.2) is 67.5 Å². The van der Waals surface area contributed by atoms with E-state index in [0.717, 1.165) is 6.54 Å². The Labute approximate surface area is 204 Å². The van der Waals surface area contributed by atoms with Gasteiger partial charge in [0.25, 0.3) is 5.91 Å². The van der Waals surface area contributed by atoms with Gasteiger partial charge >= 0.3 is 0 Å². The number of nitrogens with zero attached hydrogens (tertiary/aromatic N) is 2. The molecule has 0 radical (unpaired) electrons. The van der Waals surface area contributed by atoms with Gasteiger partial charge in [-0.3, -0.25) is 9.59 Å². The van der Waals surface area contributed by atoms with Crippen LogP contribution in [0.5, 0.6) is 11.5 Å². The molecule has 4 rings (SSSR count). The molecule has 8 nitrogen and oxygen atoms in total. The third kappa shape index (κ3) is 4.74. The lowest BCUT2D eigenvalue weighted by Gasteiger charge is -2.27. The van der Waals surface area contributed by atoms with Crippen molar-refractivity contribution in [1.29, 1.82) is 0 Å². The predicted molar refractivity (Wildman–Crippen MR) is 132 cm³/mol. The number of furan rings is 1. The molecule has 35 heavy (non-hydrogen) atoms. The maximum atomic E-state index is 13.7. The van der Waals surface area contributed by atoms with Gasteiger partial charge in [0.1, 0.15) is 5.75 Å². The summed E-state index contributed by atoms with van der Waals surface area (Å²) in [6, 6.07) is 13.4. The second kappa shape index (κ2) is 10.2. The summed E-state index contributed by atoms with van der Waals surface area (Å²) in [6.07, 6.45) is 0.678. The molecular formula is C27H30N2O6. The number of aliphatic hydroxyl groups excluding tert-OH is 1. The molecule has 1 unspecified atom stereocenters. The zero-order chi connectivity index (χ0) is 25.1. The number of rotatable bonds is 10. The van der Waals surface area contributed by atoms with E-state index >= 15 is 0 Å². The molecule has 0 saturated carbocycles. The van der Waals surface area contributed by atoms with Crippen LogP contribution in [0.15, 0.2) is 64.3 Å². The summed E-state index contributed by atoms with van der Waals surface area (Å²) in [7, 11) is 5.43. The minimum Gasteiger partial charge on any atom is -0.503 e. The predicted octanol–water partition coefficient (Wildman–Crippen LogP) is 4.37. The van der Waals surface area contributed by atoms with E-state index < -0.39 is 23.5 Å². The van der Waals surface area contributed by atoms with E-state index in [1.54, 1.807) is 29.2 Å². The van der Waals surface area contributed by atoms with Gasteiger partial charge in [0, 0.05) is 11.9 Å². The lowest BCUT2D eigenvalue weighted by Crippen LogP contribution is -2.33. The van der Waals surface area contributed by atoms with E-state index in [-0.39, 0.29) is 11.3 Å². The van der Waals surface area contributed by atoms with E-state index in [2.05, 4.69) is 0 Å².